The summed E-state index contributed by atoms with van der Waals surface area (Å²) in [5.74, 6) is -0.402. The largest absolute Gasteiger partial charge is 0.326 e. The molecule has 0 unspecified atom stereocenters. The van der Waals surface area contributed by atoms with Gasteiger partial charge in [0, 0.05) is 24.3 Å². The Hall–Kier alpha value is -2.62. The number of rotatable bonds is 3. The van der Waals surface area contributed by atoms with Crippen LogP contribution in [0.1, 0.15) is 28.7 Å². The molecule has 25 heavy (non-hydrogen) atoms. The monoisotopic (exact) mass is 336 g/mol. The number of benzene rings is 2. The number of nitrogens with one attached hydrogen (secondary N) is 1. The average Bonchev–Trinajstić information content (AvgIpc) is 2.93. The zero-order valence-electron chi connectivity index (χ0n) is 15.2. The summed E-state index contributed by atoms with van der Waals surface area (Å²) in [6, 6.07) is 12.0. The Morgan fingerprint density at radius 2 is 1.72 bits per heavy atom. The molecule has 0 saturated carbocycles. The van der Waals surface area contributed by atoms with Crippen molar-refractivity contribution >= 4 is 23.2 Å². The van der Waals surface area contributed by atoms with E-state index in [0.29, 0.717) is 6.54 Å². The minimum atomic E-state index is -0.327. The van der Waals surface area contributed by atoms with Crippen LogP contribution < -0.4 is 10.2 Å². The molecule has 2 aromatic carbocycles. The second kappa shape index (κ2) is 6.71. The van der Waals surface area contributed by atoms with Gasteiger partial charge in [0.15, 0.2) is 0 Å². The fourth-order valence-corrected chi connectivity index (χ4v) is 3.44. The van der Waals surface area contributed by atoms with Crippen LogP contribution >= 0.6 is 0 Å². The zero-order valence-corrected chi connectivity index (χ0v) is 15.2. The van der Waals surface area contributed by atoms with Crippen LogP contribution in [0.4, 0.5) is 11.4 Å². The molecular weight excluding hydrogens is 312 g/mol. The van der Waals surface area contributed by atoms with Crippen LogP contribution in [0, 0.1) is 33.6 Å². The lowest BCUT2D eigenvalue weighted by molar-refractivity contribution is -0.122. The summed E-state index contributed by atoms with van der Waals surface area (Å²) < 4.78 is 0. The number of nitrogens with zero attached hydrogens (tertiary/aromatic N) is 1. The molecule has 4 nitrogen and oxygen atoms in total. The molecule has 1 N–H and O–H groups in total. The lowest BCUT2D eigenvalue weighted by Gasteiger charge is -2.21. The Morgan fingerprint density at radius 3 is 2.40 bits per heavy atom. The van der Waals surface area contributed by atoms with Gasteiger partial charge in [-0.05, 0) is 56.0 Å². The first-order valence-corrected chi connectivity index (χ1v) is 8.61. The first kappa shape index (κ1) is 17.2. The van der Waals surface area contributed by atoms with Gasteiger partial charge in [0.2, 0.25) is 11.8 Å². The Kier molecular flexibility index (Phi) is 4.62. The fraction of sp³-hybridized carbons (Fsp3) is 0.333. The van der Waals surface area contributed by atoms with Gasteiger partial charge in [0.25, 0.3) is 0 Å². The van der Waals surface area contributed by atoms with Crippen molar-refractivity contribution in [2.45, 2.75) is 34.1 Å². The maximum absolute atomic E-state index is 12.7. The van der Waals surface area contributed by atoms with Crippen molar-refractivity contribution in [1.29, 1.82) is 0 Å². The van der Waals surface area contributed by atoms with E-state index in [-0.39, 0.29) is 24.2 Å². The molecule has 0 spiro atoms. The second-order valence-corrected chi connectivity index (χ2v) is 6.95. The molecule has 1 aliphatic rings. The lowest BCUT2D eigenvalue weighted by Crippen LogP contribution is -2.29. The van der Waals surface area contributed by atoms with E-state index in [4.69, 9.17) is 0 Å². The molecule has 4 heteroatoms. The highest BCUT2D eigenvalue weighted by Crippen LogP contribution is 2.31. The molecule has 1 atom stereocenters. The number of hydrogen-bond donors (Lipinski definition) is 1. The van der Waals surface area contributed by atoms with Crippen LogP contribution in [0.5, 0.6) is 0 Å². The zero-order chi connectivity index (χ0) is 18.1. The average molecular weight is 336 g/mol. The van der Waals surface area contributed by atoms with Gasteiger partial charge in [0.1, 0.15) is 0 Å². The normalized spacial score (nSPS) is 17.0. The van der Waals surface area contributed by atoms with Crippen LogP contribution in [0.15, 0.2) is 36.4 Å². The Balaban J connectivity index is 1.78. The van der Waals surface area contributed by atoms with E-state index in [9.17, 15) is 9.59 Å². The minimum absolute atomic E-state index is 0.0125. The van der Waals surface area contributed by atoms with Crippen molar-refractivity contribution in [3.8, 4) is 0 Å². The van der Waals surface area contributed by atoms with Crippen molar-refractivity contribution in [3.05, 3.63) is 58.7 Å². The fourth-order valence-electron chi connectivity index (χ4n) is 3.44. The predicted molar refractivity (Wildman–Crippen MR) is 101 cm³/mol. The molecule has 2 amide bonds. The molecule has 1 aliphatic heterocycles. The van der Waals surface area contributed by atoms with E-state index in [1.807, 2.05) is 64.1 Å². The molecule has 2 aromatic rings. The highest BCUT2D eigenvalue weighted by molar-refractivity contribution is 6.04. The van der Waals surface area contributed by atoms with Gasteiger partial charge >= 0.3 is 0 Å². The van der Waals surface area contributed by atoms with E-state index >= 15 is 0 Å². The number of para-hydroxylation sites is 1. The van der Waals surface area contributed by atoms with Gasteiger partial charge < -0.3 is 10.2 Å². The van der Waals surface area contributed by atoms with Gasteiger partial charge in [-0.1, -0.05) is 30.3 Å². The van der Waals surface area contributed by atoms with Gasteiger partial charge in [0.05, 0.1) is 5.92 Å². The van der Waals surface area contributed by atoms with Crippen LogP contribution in [0.3, 0.4) is 0 Å². The molecule has 1 saturated heterocycles. The summed E-state index contributed by atoms with van der Waals surface area (Å²) in [6.07, 6.45) is 0.254. The summed E-state index contributed by atoms with van der Waals surface area (Å²) >= 11 is 0. The molecule has 1 heterocycles. The van der Waals surface area contributed by atoms with E-state index in [1.54, 1.807) is 4.90 Å². The van der Waals surface area contributed by atoms with E-state index in [1.165, 1.54) is 0 Å². The summed E-state index contributed by atoms with van der Waals surface area (Å²) in [4.78, 5) is 27.0. The van der Waals surface area contributed by atoms with E-state index in [2.05, 4.69) is 5.32 Å². The van der Waals surface area contributed by atoms with Crippen molar-refractivity contribution in [3.63, 3.8) is 0 Å². The van der Waals surface area contributed by atoms with Crippen molar-refractivity contribution in [1.82, 2.24) is 0 Å². The van der Waals surface area contributed by atoms with Crippen LogP contribution in [0.2, 0.25) is 0 Å². The molecule has 1 fully saturated rings. The molecule has 0 aliphatic carbocycles. The quantitative estimate of drug-likeness (QED) is 0.924. The van der Waals surface area contributed by atoms with Crippen molar-refractivity contribution in [2.24, 2.45) is 5.92 Å². The predicted octanol–water partition coefficient (Wildman–Crippen LogP) is 3.91. The SMILES string of the molecule is Cc1ccc(C)c(NC(=O)[C@@H]2CC(=O)N(c3c(C)cccc3C)C2)c1. The van der Waals surface area contributed by atoms with Crippen LogP contribution in [-0.4, -0.2) is 18.4 Å². The van der Waals surface area contributed by atoms with Gasteiger partial charge in [-0.3, -0.25) is 9.59 Å². The third-order valence-corrected chi connectivity index (χ3v) is 4.86. The van der Waals surface area contributed by atoms with E-state index in [0.717, 1.165) is 33.6 Å². The minimum Gasteiger partial charge on any atom is -0.326 e. The lowest BCUT2D eigenvalue weighted by atomic mass is 10.1. The maximum atomic E-state index is 12.7. The molecule has 0 radical (unpaired) electrons. The molecule has 130 valence electrons. The van der Waals surface area contributed by atoms with Crippen molar-refractivity contribution < 1.29 is 9.59 Å². The third-order valence-electron chi connectivity index (χ3n) is 4.86. The standard InChI is InChI=1S/C21H24N2O2/c1-13-8-9-14(2)18(10-13)22-21(25)17-11-19(24)23(12-17)20-15(3)6-5-7-16(20)4/h5-10,17H,11-12H2,1-4H3,(H,22,25)/t17-/m1/s1. The van der Waals surface area contributed by atoms with Crippen LogP contribution in [-0.2, 0) is 9.59 Å². The van der Waals surface area contributed by atoms with Crippen LogP contribution in [0.25, 0.3) is 0 Å². The van der Waals surface area contributed by atoms with Gasteiger partial charge in [-0.2, -0.15) is 0 Å². The Morgan fingerprint density at radius 1 is 1.04 bits per heavy atom. The summed E-state index contributed by atoms with van der Waals surface area (Å²) in [5, 5.41) is 3.00. The highest BCUT2D eigenvalue weighted by Gasteiger charge is 2.36. The second-order valence-electron chi connectivity index (χ2n) is 6.95. The topological polar surface area (TPSA) is 49.4 Å². The number of carbonyl (C=O) groups is 2. The summed E-state index contributed by atoms with van der Waals surface area (Å²) in [7, 11) is 0. The summed E-state index contributed by atoms with van der Waals surface area (Å²) in [5.41, 5.74) is 6.00. The maximum Gasteiger partial charge on any atom is 0.229 e. The first-order chi connectivity index (χ1) is 11.9. The molecule has 0 bridgehead atoms. The number of aryl methyl sites for hydroxylation is 4. The number of amides is 2. The van der Waals surface area contributed by atoms with Gasteiger partial charge in [-0.25, -0.2) is 0 Å². The molecule has 3 rings (SSSR count). The summed E-state index contributed by atoms with van der Waals surface area (Å²) in [6.45, 7) is 8.40. The van der Waals surface area contributed by atoms with Gasteiger partial charge in [-0.15, -0.1) is 0 Å². The number of anilines is 2. The molecule has 0 aromatic heterocycles. The number of carbonyl (C=O) groups excluding carboxylic acids is 2. The Bertz CT molecular complexity index is 822. The molecular formula is C21H24N2O2. The van der Waals surface area contributed by atoms with Crippen molar-refractivity contribution in [2.75, 3.05) is 16.8 Å². The first-order valence-electron chi connectivity index (χ1n) is 8.61. The number of hydrogen-bond acceptors (Lipinski definition) is 2. The third kappa shape index (κ3) is 3.43. The highest BCUT2D eigenvalue weighted by atomic mass is 16.2. The van der Waals surface area contributed by atoms with E-state index < -0.39 is 0 Å². The smallest absolute Gasteiger partial charge is 0.229 e. The Labute approximate surface area is 148 Å².